The van der Waals surface area contributed by atoms with Crippen LogP contribution in [0.5, 0.6) is 5.75 Å². The molecule has 0 aliphatic carbocycles. The Morgan fingerprint density at radius 3 is 2.54 bits per heavy atom. The topological polar surface area (TPSA) is 52.4 Å². The summed E-state index contributed by atoms with van der Waals surface area (Å²) in [6.45, 7) is 0. The second-order valence-electron chi connectivity index (χ2n) is 2.04. The molecule has 0 fully saturated rings. The van der Waals surface area contributed by atoms with Gasteiger partial charge in [-0.2, -0.15) is 4.39 Å². The van der Waals surface area contributed by atoms with Crippen molar-refractivity contribution in [1.29, 1.82) is 0 Å². The van der Waals surface area contributed by atoms with Crippen molar-refractivity contribution in [1.82, 2.24) is 0 Å². The minimum absolute atomic E-state index is 0.603. The smallest absolute Gasteiger partial charge is 0.315 e. The van der Waals surface area contributed by atoms with Crippen molar-refractivity contribution in [3.8, 4) is 5.75 Å². The van der Waals surface area contributed by atoms with Crippen molar-refractivity contribution in [3.05, 3.63) is 33.9 Å². The first kappa shape index (κ1) is 10.1. The number of benzene rings is 1. The van der Waals surface area contributed by atoms with Crippen LogP contribution < -0.4 is 3.07 Å². The first-order chi connectivity index (χ1) is 6.07. The fraction of sp³-hybridized carbons (Fsp3) is 0. The lowest BCUT2D eigenvalue weighted by molar-refractivity contribution is -0.385. The molecular weight excluding hydrogens is 299 g/mol. The first-order valence-electron chi connectivity index (χ1n) is 2.99. The Kier molecular flexibility index (Phi) is 2.96. The molecule has 4 nitrogen and oxygen atoms in total. The van der Waals surface area contributed by atoms with Gasteiger partial charge in [0, 0.05) is 6.07 Å². The highest BCUT2D eigenvalue weighted by Crippen LogP contribution is 2.32. The molecule has 0 atom stereocenters. The third-order valence-corrected chi connectivity index (χ3v) is 1.74. The highest BCUT2D eigenvalue weighted by atomic mass is 127. The van der Waals surface area contributed by atoms with Crippen LogP contribution in [-0.4, -0.2) is 4.92 Å². The number of halogens is 3. The normalized spacial score (nSPS) is 9.77. The van der Waals surface area contributed by atoms with Crippen molar-refractivity contribution < 1.29 is 16.8 Å². The van der Waals surface area contributed by atoms with E-state index in [1.165, 1.54) is 23.0 Å². The molecule has 1 rings (SSSR count). The molecule has 1 aromatic rings. The van der Waals surface area contributed by atoms with Gasteiger partial charge in [-0.15, -0.1) is 0 Å². The van der Waals surface area contributed by atoms with Gasteiger partial charge in [-0.05, 0) is 6.07 Å². The van der Waals surface area contributed by atoms with E-state index in [1.807, 2.05) is 0 Å². The van der Waals surface area contributed by atoms with Crippen molar-refractivity contribution in [2.45, 2.75) is 0 Å². The molecule has 7 heteroatoms. The molecule has 70 valence electrons. The van der Waals surface area contributed by atoms with Gasteiger partial charge >= 0.3 is 5.69 Å². The zero-order chi connectivity index (χ0) is 10.0. The quantitative estimate of drug-likeness (QED) is 0.479. The van der Waals surface area contributed by atoms with Crippen molar-refractivity contribution in [2.24, 2.45) is 0 Å². The molecule has 0 bridgehead atoms. The summed E-state index contributed by atoms with van der Waals surface area (Å²) >= 11 is 1.24. The second kappa shape index (κ2) is 3.81. The van der Waals surface area contributed by atoms with E-state index >= 15 is 0 Å². The third kappa shape index (κ3) is 1.85. The summed E-state index contributed by atoms with van der Waals surface area (Å²) in [6, 6.07) is 1.51. The fourth-order valence-corrected chi connectivity index (χ4v) is 1.16. The Morgan fingerprint density at radius 2 is 2.08 bits per heavy atom. The molecule has 0 radical (unpaired) electrons. The molecule has 0 N–H and O–H groups in total. The Hall–Kier alpha value is -0.990. The van der Waals surface area contributed by atoms with Crippen LogP contribution in [0.3, 0.4) is 0 Å². The van der Waals surface area contributed by atoms with Gasteiger partial charge in [0.1, 0.15) is 0 Å². The minimum Gasteiger partial charge on any atom is -0.417 e. The highest BCUT2D eigenvalue weighted by molar-refractivity contribution is 14.1. The predicted molar refractivity (Wildman–Crippen MR) is 47.7 cm³/mol. The van der Waals surface area contributed by atoms with Gasteiger partial charge in [0.2, 0.25) is 11.6 Å². The average molecular weight is 301 g/mol. The van der Waals surface area contributed by atoms with E-state index in [1.54, 1.807) is 0 Å². The number of nitrogens with zero attached hydrogens (tertiary/aromatic N) is 1. The van der Waals surface area contributed by atoms with Gasteiger partial charge in [-0.3, -0.25) is 10.1 Å². The summed E-state index contributed by atoms with van der Waals surface area (Å²) in [4.78, 5) is 9.43. The molecule has 0 aliphatic heterocycles. The third-order valence-electron chi connectivity index (χ3n) is 1.30. The van der Waals surface area contributed by atoms with Crippen LogP contribution in [-0.2, 0) is 0 Å². The molecule has 1 aromatic carbocycles. The maximum absolute atomic E-state index is 12.8. The van der Waals surface area contributed by atoms with E-state index in [4.69, 9.17) is 0 Å². The lowest BCUT2D eigenvalue weighted by Gasteiger charge is -2.00. The largest absolute Gasteiger partial charge is 0.417 e. The molecule has 0 spiro atoms. The standard InChI is InChI=1S/C6H2F2INO3/c7-3-1-2-4(10(11)12)6(13-9)5(3)8/h1-2H. The van der Waals surface area contributed by atoms with Gasteiger partial charge in [-0.1, -0.05) is 0 Å². The van der Waals surface area contributed by atoms with Gasteiger partial charge in [-0.25, -0.2) is 4.39 Å². The van der Waals surface area contributed by atoms with Crippen LogP contribution in [0, 0.1) is 21.7 Å². The summed E-state index contributed by atoms with van der Waals surface area (Å²) < 4.78 is 29.7. The maximum atomic E-state index is 12.8. The molecule has 0 amide bonds. The van der Waals surface area contributed by atoms with Crippen LogP contribution >= 0.6 is 23.0 Å². The highest BCUT2D eigenvalue weighted by Gasteiger charge is 2.22. The summed E-state index contributed by atoms with van der Waals surface area (Å²) in [5, 5.41) is 10.3. The predicted octanol–water partition coefficient (Wildman–Crippen LogP) is 2.60. The van der Waals surface area contributed by atoms with E-state index < -0.39 is 28.0 Å². The number of hydrogen-bond acceptors (Lipinski definition) is 3. The van der Waals surface area contributed by atoms with Crippen molar-refractivity contribution in [3.63, 3.8) is 0 Å². The van der Waals surface area contributed by atoms with Crippen LogP contribution in [0.2, 0.25) is 0 Å². The Bertz CT molecular complexity index is 358. The molecule has 0 heterocycles. The molecule has 0 unspecified atom stereocenters. The van der Waals surface area contributed by atoms with Crippen molar-refractivity contribution >= 4 is 28.7 Å². The lowest BCUT2D eigenvalue weighted by atomic mass is 10.3. The Labute approximate surface area is 85.3 Å². The van der Waals surface area contributed by atoms with E-state index in [-0.39, 0.29) is 0 Å². The zero-order valence-electron chi connectivity index (χ0n) is 5.96. The van der Waals surface area contributed by atoms with Crippen LogP contribution in [0.4, 0.5) is 14.5 Å². The van der Waals surface area contributed by atoms with E-state index in [0.29, 0.717) is 6.07 Å². The second-order valence-corrected chi connectivity index (χ2v) is 2.48. The maximum Gasteiger partial charge on any atom is 0.315 e. The van der Waals surface area contributed by atoms with Gasteiger partial charge in [0.25, 0.3) is 0 Å². The number of hydrogen-bond donors (Lipinski definition) is 0. The Balaban J connectivity index is 3.38. The molecule has 13 heavy (non-hydrogen) atoms. The summed E-state index contributed by atoms with van der Waals surface area (Å²) in [5.74, 6) is -3.24. The summed E-state index contributed by atoms with van der Waals surface area (Å²) in [6.07, 6.45) is 0. The van der Waals surface area contributed by atoms with Crippen LogP contribution in [0.15, 0.2) is 12.1 Å². The number of nitro groups is 1. The number of rotatable bonds is 2. The van der Waals surface area contributed by atoms with Crippen molar-refractivity contribution in [2.75, 3.05) is 0 Å². The van der Waals surface area contributed by atoms with E-state index in [9.17, 15) is 18.9 Å². The van der Waals surface area contributed by atoms with Gasteiger partial charge < -0.3 is 3.07 Å². The molecule has 0 saturated heterocycles. The average Bonchev–Trinajstić information content (AvgIpc) is 2.09. The molecule has 0 aromatic heterocycles. The molecule has 0 saturated carbocycles. The molecule has 0 aliphatic rings. The van der Waals surface area contributed by atoms with Crippen LogP contribution in [0.1, 0.15) is 0 Å². The van der Waals surface area contributed by atoms with E-state index in [2.05, 4.69) is 3.07 Å². The van der Waals surface area contributed by atoms with Crippen LogP contribution in [0.25, 0.3) is 0 Å². The van der Waals surface area contributed by atoms with E-state index in [0.717, 1.165) is 6.07 Å². The fourth-order valence-electron chi connectivity index (χ4n) is 0.739. The van der Waals surface area contributed by atoms with Gasteiger partial charge in [0.15, 0.2) is 28.8 Å². The minimum atomic E-state index is -1.36. The molecular formula is C6H2F2INO3. The SMILES string of the molecule is O=[N+]([O-])c1ccc(F)c(F)c1OI. The van der Waals surface area contributed by atoms with Gasteiger partial charge in [0.05, 0.1) is 4.92 Å². The summed E-state index contributed by atoms with van der Waals surface area (Å²) in [7, 11) is 0. The monoisotopic (exact) mass is 301 g/mol. The lowest BCUT2D eigenvalue weighted by Crippen LogP contribution is -1.95. The Morgan fingerprint density at radius 1 is 1.46 bits per heavy atom. The first-order valence-corrected chi connectivity index (χ1v) is 3.87. The number of nitro benzene ring substituents is 1. The summed E-state index contributed by atoms with van der Waals surface area (Å²) in [5.41, 5.74) is -0.603. The zero-order valence-corrected chi connectivity index (χ0v) is 8.12.